The summed E-state index contributed by atoms with van der Waals surface area (Å²) in [4.78, 5) is 21.7. The minimum atomic E-state index is 0.131. The first-order chi connectivity index (χ1) is 14.6. The maximum atomic E-state index is 12.6. The normalized spacial score (nSPS) is 19.1. The zero-order valence-corrected chi connectivity index (χ0v) is 18.2. The maximum absolute atomic E-state index is 12.6. The molecule has 30 heavy (non-hydrogen) atoms. The van der Waals surface area contributed by atoms with Crippen molar-refractivity contribution in [1.82, 2.24) is 14.8 Å². The van der Waals surface area contributed by atoms with Gasteiger partial charge in [-0.1, -0.05) is 12.1 Å². The van der Waals surface area contributed by atoms with E-state index in [4.69, 9.17) is 4.74 Å². The Labute approximate surface area is 180 Å². The van der Waals surface area contributed by atoms with E-state index in [9.17, 15) is 4.79 Å². The summed E-state index contributed by atoms with van der Waals surface area (Å²) in [5.41, 5.74) is 3.10. The molecule has 0 radical (unpaired) electrons. The van der Waals surface area contributed by atoms with Crippen molar-refractivity contribution in [2.45, 2.75) is 58.1 Å². The number of piperidine rings is 1. The molecule has 160 valence electrons. The molecule has 3 heterocycles. The number of pyridine rings is 1. The highest BCUT2D eigenvalue weighted by molar-refractivity contribution is 5.94. The number of rotatable bonds is 6. The zero-order valence-electron chi connectivity index (χ0n) is 18.2. The van der Waals surface area contributed by atoms with E-state index in [1.807, 2.05) is 35.4 Å². The summed E-state index contributed by atoms with van der Waals surface area (Å²) in [6, 6.07) is 12.5. The zero-order chi connectivity index (χ0) is 20.9. The van der Waals surface area contributed by atoms with Gasteiger partial charge < -0.3 is 9.64 Å². The molecular weight excluding hydrogens is 374 g/mol. The van der Waals surface area contributed by atoms with Crippen molar-refractivity contribution < 1.29 is 9.53 Å². The Kier molecular flexibility index (Phi) is 6.68. The number of carbonyl (C=O) groups is 1. The van der Waals surface area contributed by atoms with Gasteiger partial charge in [0.2, 0.25) is 0 Å². The van der Waals surface area contributed by atoms with Crippen molar-refractivity contribution in [3.05, 3.63) is 59.4 Å². The summed E-state index contributed by atoms with van der Waals surface area (Å²) >= 11 is 0. The summed E-state index contributed by atoms with van der Waals surface area (Å²) in [6.45, 7) is 8.17. The minimum Gasteiger partial charge on any atom is -0.490 e. The number of benzene rings is 1. The van der Waals surface area contributed by atoms with Crippen molar-refractivity contribution in [1.29, 1.82) is 0 Å². The lowest BCUT2D eigenvalue weighted by atomic mass is 10.0. The van der Waals surface area contributed by atoms with Crippen molar-refractivity contribution in [2.24, 2.45) is 0 Å². The Balaban J connectivity index is 1.28. The molecule has 0 bridgehead atoms. The molecule has 2 aliphatic heterocycles. The van der Waals surface area contributed by atoms with E-state index in [-0.39, 0.29) is 12.0 Å². The van der Waals surface area contributed by atoms with E-state index in [0.717, 1.165) is 75.3 Å². The van der Waals surface area contributed by atoms with Crippen LogP contribution in [0.1, 0.15) is 54.2 Å². The lowest BCUT2D eigenvalue weighted by molar-refractivity contribution is 0.0771. The molecule has 0 N–H and O–H groups in total. The number of aryl methyl sites for hydroxylation is 1. The summed E-state index contributed by atoms with van der Waals surface area (Å²) in [5, 5.41) is 0. The van der Waals surface area contributed by atoms with Crippen LogP contribution in [0.2, 0.25) is 0 Å². The van der Waals surface area contributed by atoms with Gasteiger partial charge >= 0.3 is 0 Å². The van der Waals surface area contributed by atoms with Gasteiger partial charge in [-0.2, -0.15) is 0 Å². The largest absolute Gasteiger partial charge is 0.490 e. The van der Waals surface area contributed by atoms with E-state index in [2.05, 4.69) is 35.9 Å². The third-order valence-corrected chi connectivity index (χ3v) is 6.35. The van der Waals surface area contributed by atoms with Crippen LogP contribution in [0.15, 0.2) is 42.6 Å². The first-order valence-corrected chi connectivity index (χ1v) is 11.3. The van der Waals surface area contributed by atoms with Crippen LogP contribution < -0.4 is 4.74 Å². The topological polar surface area (TPSA) is 45.7 Å². The van der Waals surface area contributed by atoms with E-state index < -0.39 is 0 Å². The van der Waals surface area contributed by atoms with Gasteiger partial charge in [0, 0.05) is 56.1 Å². The molecule has 0 aliphatic carbocycles. The lowest BCUT2D eigenvalue weighted by Crippen LogP contribution is -2.43. The molecule has 1 atom stereocenters. The molecule has 2 aliphatic rings. The standard InChI is InChI=1S/C25H33N3O2/c1-19-8-9-22(26-18-19)16-20(2)27-14-10-23(11-15-27)30-24-7-5-6-21(17-24)25(29)28-12-3-4-13-28/h5-9,17-18,20,23H,3-4,10-16H2,1-2H3. The monoisotopic (exact) mass is 407 g/mol. The van der Waals surface area contributed by atoms with Gasteiger partial charge in [-0.15, -0.1) is 0 Å². The molecular formula is C25H33N3O2. The van der Waals surface area contributed by atoms with Crippen LogP contribution in [0.3, 0.4) is 0 Å². The van der Waals surface area contributed by atoms with Gasteiger partial charge in [0.25, 0.3) is 5.91 Å². The van der Waals surface area contributed by atoms with E-state index >= 15 is 0 Å². The van der Waals surface area contributed by atoms with Crippen LogP contribution in [-0.2, 0) is 6.42 Å². The maximum Gasteiger partial charge on any atom is 0.253 e. The lowest BCUT2D eigenvalue weighted by Gasteiger charge is -2.36. The Morgan fingerprint density at radius 2 is 1.90 bits per heavy atom. The highest BCUT2D eigenvalue weighted by Gasteiger charge is 2.25. The number of ether oxygens (including phenoxy) is 1. The Hall–Kier alpha value is -2.40. The summed E-state index contributed by atoms with van der Waals surface area (Å²) in [6.07, 6.45) is 7.38. The number of carbonyl (C=O) groups excluding carboxylic acids is 1. The molecule has 1 aromatic carbocycles. The second-order valence-corrected chi connectivity index (χ2v) is 8.76. The molecule has 2 fully saturated rings. The summed E-state index contributed by atoms with van der Waals surface area (Å²) in [7, 11) is 0. The number of hydrogen-bond acceptors (Lipinski definition) is 4. The quantitative estimate of drug-likeness (QED) is 0.723. The molecule has 4 rings (SSSR count). The summed E-state index contributed by atoms with van der Waals surface area (Å²) < 4.78 is 6.26. The molecule has 2 aromatic rings. The van der Waals surface area contributed by atoms with Gasteiger partial charge in [-0.05, 0) is 69.4 Å². The van der Waals surface area contributed by atoms with Crippen LogP contribution in [0.4, 0.5) is 0 Å². The number of aromatic nitrogens is 1. The average molecular weight is 408 g/mol. The third kappa shape index (κ3) is 5.20. The van der Waals surface area contributed by atoms with Crippen LogP contribution >= 0.6 is 0 Å². The Bertz CT molecular complexity index is 838. The fourth-order valence-corrected chi connectivity index (χ4v) is 4.48. The predicted octanol–water partition coefficient (Wildman–Crippen LogP) is 4.10. The van der Waals surface area contributed by atoms with Gasteiger partial charge in [0.1, 0.15) is 11.9 Å². The molecule has 0 spiro atoms. The van der Waals surface area contributed by atoms with Crippen molar-refractivity contribution in [2.75, 3.05) is 26.2 Å². The van der Waals surface area contributed by atoms with Crippen LogP contribution in [-0.4, -0.2) is 59.0 Å². The molecule has 5 heteroatoms. The summed E-state index contributed by atoms with van der Waals surface area (Å²) in [5.74, 6) is 0.946. The fraction of sp³-hybridized carbons (Fsp3) is 0.520. The molecule has 0 saturated carbocycles. The number of nitrogens with zero attached hydrogens (tertiary/aromatic N) is 3. The molecule has 5 nitrogen and oxygen atoms in total. The molecule has 1 amide bonds. The van der Waals surface area contributed by atoms with Crippen molar-refractivity contribution in [3.63, 3.8) is 0 Å². The second kappa shape index (κ2) is 9.61. The smallest absolute Gasteiger partial charge is 0.253 e. The van der Waals surface area contributed by atoms with E-state index in [1.165, 1.54) is 5.56 Å². The number of likely N-dealkylation sites (tertiary alicyclic amines) is 2. The van der Waals surface area contributed by atoms with E-state index in [0.29, 0.717) is 6.04 Å². The molecule has 1 aromatic heterocycles. The third-order valence-electron chi connectivity index (χ3n) is 6.35. The van der Waals surface area contributed by atoms with Gasteiger partial charge in [-0.3, -0.25) is 14.7 Å². The molecule has 2 saturated heterocycles. The van der Waals surface area contributed by atoms with Crippen LogP contribution in [0.25, 0.3) is 0 Å². The minimum absolute atomic E-state index is 0.131. The van der Waals surface area contributed by atoms with Crippen LogP contribution in [0.5, 0.6) is 5.75 Å². The first kappa shape index (κ1) is 20.9. The highest BCUT2D eigenvalue weighted by atomic mass is 16.5. The van der Waals surface area contributed by atoms with E-state index in [1.54, 1.807) is 0 Å². The van der Waals surface area contributed by atoms with Gasteiger partial charge in [0.05, 0.1) is 0 Å². The first-order valence-electron chi connectivity index (χ1n) is 11.3. The fourth-order valence-electron chi connectivity index (χ4n) is 4.48. The van der Waals surface area contributed by atoms with Crippen molar-refractivity contribution in [3.8, 4) is 5.75 Å². The average Bonchev–Trinajstić information content (AvgIpc) is 3.30. The van der Waals surface area contributed by atoms with Crippen molar-refractivity contribution >= 4 is 5.91 Å². The van der Waals surface area contributed by atoms with Gasteiger partial charge in [-0.25, -0.2) is 0 Å². The highest BCUT2D eigenvalue weighted by Crippen LogP contribution is 2.23. The Morgan fingerprint density at radius 1 is 1.13 bits per heavy atom. The van der Waals surface area contributed by atoms with Gasteiger partial charge in [0.15, 0.2) is 0 Å². The predicted molar refractivity (Wildman–Crippen MR) is 119 cm³/mol. The SMILES string of the molecule is Cc1ccc(CC(C)N2CCC(Oc3cccc(C(=O)N4CCCC4)c3)CC2)nc1. The van der Waals surface area contributed by atoms with Crippen LogP contribution in [0, 0.1) is 6.92 Å². The number of hydrogen-bond donors (Lipinski definition) is 0. The second-order valence-electron chi connectivity index (χ2n) is 8.76. The number of amides is 1. The molecule has 1 unspecified atom stereocenters. The Morgan fingerprint density at radius 3 is 2.60 bits per heavy atom.